The predicted molar refractivity (Wildman–Crippen MR) is 132 cm³/mol. The van der Waals surface area contributed by atoms with Crippen LogP contribution < -0.4 is 15.0 Å². The largest absolute Gasteiger partial charge is 0.492 e. The lowest BCUT2D eigenvalue weighted by Crippen LogP contribution is -2.34. The molecule has 1 aliphatic rings. The zero-order valence-corrected chi connectivity index (χ0v) is 19.4. The van der Waals surface area contributed by atoms with Crippen molar-refractivity contribution in [1.29, 1.82) is 0 Å². The minimum absolute atomic E-state index is 0.293. The molecule has 3 aromatic carbocycles. The van der Waals surface area contributed by atoms with Crippen LogP contribution in [0.25, 0.3) is 0 Å². The van der Waals surface area contributed by atoms with E-state index in [0.717, 1.165) is 31.2 Å². The number of halogens is 2. The van der Waals surface area contributed by atoms with Gasteiger partial charge in [0.1, 0.15) is 30.3 Å². The van der Waals surface area contributed by atoms with E-state index < -0.39 is 0 Å². The Bertz CT molecular complexity index is 1150. The number of hydrogen-bond donors (Lipinski definition) is 1. The summed E-state index contributed by atoms with van der Waals surface area (Å²) in [4.78, 5) is 12.9. The van der Waals surface area contributed by atoms with Gasteiger partial charge in [0.15, 0.2) is 0 Å². The number of carbonyl (C=O) groups is 1. The van der Waals surface area contributed by atoms with Crippen LogP contribution in [0.1, 0.15) is 35.1 Å². The van der Waals surface area contributed by atoms with Crippen molar-refractivity contribution in [3.8, 4) is 5.75 Å². The number of fused-ring (bicyclic) bond motifs is 1. The van der Waals surface area contributed by atoms with E-state index in [-0.39, 0.29) is 11.6 Å². The minimum atomic E-state index is -0.302. The molecule has 178 valence electrons. The van der Waals surface area contributed by atoms with Gasteiger partial charge in [0.05, 0.1) is 6.54 Å². The van der Waals surface area contributed by atoms with Crippen LogP contribution in [0.15, 0.2) is 54.6 Å². The molecule has 0 aliphatic carbocycles. The van der Waals surface area contributed by atoms with Gasteiger partial charge in [0, 0.05) is 37.0 Å². The van der Waals surface area contributed by atoms with Gasteiger partial charge in [-0.3, -0.25) is 0 Å². The molecular formula is C28H30F2N2O2. The molecule has 4 rings (SSSR count). The third-order valence-corrected chi connectivity index (χ3v) is 6.31. The van der Waals surface area contributed by atoms with Gasteiger partial charge in [-0.15, -0.1) is 0 Å². The summed E-state index contributed by atoms with van der Waals surface area (Å²) in [6.07, 6.45) is 3.67. The molecular weight excluding hydrogens is 434 g/mol. The Morgan fingerprint density at radius 2 is 1.94 bits per heavy atom. The summed E-state index contributed by atoms with van der Waals surface area (Å²) in [5, 5.41) is 3.33. The molecule has 1 N–H and O–H groups in total. The number of aryl methyl sites for hydroxylation is 2. The summed E-state index contributed by atoms with van der Waals surface area (Å²) in [7, 11) is 0. The summed E-state index contributed by atoms with van der Waals surface area (Å²) in [6.45, 7) is 4.85. The summed E-state index contributed by atoms with van der Waals surface area (Å²) < 4.78 is 33.5. The zero-order chi connectivity index (χ0) is 23.9. The Morgan fingerprint density at radius 3 is 2.74 bits per heavy atom. The van der Waals surface area contributed by atoms with E-state index in [1.54, 1.807) is 18.2 Å². The van der Waals surface area contributed by atoms with Crippen LogP contribution in [-0.2, 0) is 24.2 Å². The topological polar surface area (TPSA) is 41.6 Å². The standard InChI is InChI=1S/C28H30F2N2O2/c1-20-23(19-31-25-12-11-21(6-4-15-33)27(30)18-25)10-9-22-5-3-13-32(28(20)22)14-16-34-26-8-2-7-24(29)17-26/h2,7-12,15,17-18,31H,3-6,13-14,16,19H2,1H3. The first-order chi connectivity index (χ1) is 16.5. The molecule has 1 aliphatic heterocycles. The number of carbonyl (C=O) groups excluding carboxylic acids is 1. The van der Waals surface area contributed by atoms with Crippen molar-refractivity contribution < 1.29 is 18.3 Å². The molecule has 0 saturated heterocycles. The normalized spacial score (nSPS) is 12.9. The highest BCUT2D eigenvalue weighted by Crippen LogP contribution is 2.33. The van der Waals surface area contributed by atoms with Gasteiger partial charge in [0.25, 0.3) is 0 Å². The van der Waals surface area contributed by atoms with Crippen molar-refractivity contribution in [2.24, 2.45) is 0 Å². The van der Waals surface area contributed by atoms with Crippen LogP contribution in [0.2, 0.25) is 0 Å². The SMILES string of the molecule is Cc1c(CNc2ccc(CCC=O)c(F)c2)ccc2c1N(CCOc1cccc(F)c1)CCC2. The Hall–Kier alpha value is -3.41. The van der Waals surface area contributed by atoms with E-state index in [1.807, 2.05) is 6.07 Å². The molecule has 0 aromatic heterocycles. The fourth-order valence-electron chi connectivity index (χ4n) is 4.53. The Kier molecular flexibility index (Phi) is 7.78. The van der Waals surface area contributed by atoms with Crippen LogP contribution in [0, 0.1) is 18.6 Å². The van der Waals surface area contributed by atoms with E-state index >= 15 is 0 Å². The predicted octanol–water partition coefficient (Wildman–Crippen LogP) is 5.85. The molecule has 0 atom stereocenters. The first-order valence-electron chi connectivity index (χ1n) is 11.8. The van der Waals surface area contributed by atoms with Gasteiger partial charge in [-0.25, -0.2) is 8.78 Å². The molecule has 3 aromatic rings. The molecule has 0 unspecified atom stereocenters. The van der Waals surface area contributed by atoms with Gasteiger partial charge < -0.3 is 19.7 Å². The molecule has 0 radical (unpaired) electrons. The average molecular weight is 465 g/mol. The van der Waals surface area contributed by atoms with Gasteiger partial charge in [-0.2, -0.15) is 0 Å². The van der Waals surface area contributed by atoms with Crippen molar-refractivity contribution in [3.63, 3.8) is 0 Å². The fraction of sp³-hybridized carbons (Fsp3) is 0.321. The van der Waals surface area contributed by atoms with E-state index in [1.165, 1.54) is 35.0 Å². The Balaban J connectivity index is 1.42. The second-order valence-electron chi connectivity index (χ2n) is 8.62. The second kappa shape index (κ2) is 11.1. The van der Waals surface area contributed by atoms with E-state index in [9.17, 15) is 13.6 Å². The number of rotatable bonds is 10. The minimum Gasteiger partial charge on any atom is -0.492 e. The maximum Gasteiger partial charge on any atom is 0.128 e. The van der Waals surface area contributed by atoms with Gasteiger partial charge in [0.2, 0.25) is 0 Å². The van der Waals surface area contributed by atoms with Gasteiger partial charge in [-0.05, 0) is 72.7 Å². The van der Waals surface area contributed by atoms with Crippen LogP contribution in [0.4, 0.5) is 20.2 Å². The van der Waals surface area contributed by atoms with Gasteiger partial charge >= 0.3 is 0 Å². The molecule has 34 heavy (non-hydrogen) atoms. The van der Waals surface area contributed by atoms with E-state index in [0.29, 0.717) is 49.5 Å². The molecule has 0 saturated carbocycles. The first-order valence-corrected chi connectivity index (χ1v) is 11.8. The molecule has 0 spiro atoms. The monoisotopic (exact) mass is 464 g/mol. The third-order valence-electron chi connectivity index (χ3n) is 6.31. The number of aldehydes is 1. The van der Waals surface area contributed by atoms with Crippen molar-refractivity contribution in [3.05, 3.63) is 88.5 Å². The highest BCUT2D eigenvalue weighted by Gasteiger charge is 2.20. The molecule has 0 bridgehead atoms. The summed E-state index contributed by atoms with van der Waals surface area (Å²) in [5.74, 6) is -0.0564. The number of nitrogens with one attached hydrogen (secondary N) is 1. The van der Waals surface area contributed by atoms with Crippen LogP contribution in [0.3, 0.4) is 0 Å². The van der Waals surface area contributed by atoms with Crippen molar-refractivity contribution in [2.45, 2.75) is 39.2 Å². The second-order valence-corrected chi connectivity index (χ2v) is 8.62. The average Bonchev–Trinajstić information content (AvgIpc) is 2.83. The zero-order valence-electron chi connectivity index (χ0n) is 19.4. The lowest BCUT2D eigenvalue weighted by Gasteiger charge is -2.33. The van der Waals surface area contributed by atoms with Crippen molar-refractivity contribution in [1.82, 2.24) is 0 Å². The van der Waals surface area contributed by atoms with Crippen molar-refractivity contribution in [2.75, 3.05) is 29.9 Å². The highest BCUT2D eigenvalue weighted by atomic mass is 19.1. The smallest absolute Gasteiger partial charge is 0.128 e. The fourth-order valence-corrected chi connectivity index (χ4v) is 4.53. The Morgan fingerprint density at radius 1 is 1.09 bits per heavy atom. The maximum absolute atomic E-state index is 14.3. The Labute approximate surface area is 199 Å². The molecule has 0 amide bonds. The quantitative estimate of drug-likeness (QED) is 0.382. The molecule has 0 fully saturated rings. The summed E-state index contributed by atoms with van der Waals surface area (Å²) >= 11 is 0. The van der Waals surface area contributed by atoms with E-state index in [4.69, 9.17) is 4.74 Å². The first kappa shape index (κ1) is 23.7. The number of nitrogens with zero attached hydrogens (tertiary/aromatic N) is 1. The van der Waals surface area contributed by atoms with Crippen LogP contribution in [0.5, 0.6) is 5.75 Å². The molecule has 1 heterocycles. The maximum atomic E-state index is 14.3. The third kappa shape index (κ3) is 5.74. The van der Waals surface area contributed by atoms with Crippen molar-refractivity contribution >= 4 is 17.7 Å². The molecule has 6 heteroatoms. The molecule has 4 nitrogen and oxygen atoms in total. The highest BCUT2D eigenvalue weighted by molar-refractivity contribution is 5.64. The lowest BCUT2D eigenvalue weighted by molar-refractivity contribution is -0.107. The van der Waals surface area contributed by atoms with Gasteiger partial charge in [-0.1, -0.05) is 24.3 Å². The number of hydrogen-bond acceptors (Lipinski definition) is 4. The van der Waals surface area contributed by atoms with Crippen LogP contribution in [-0.4, -0.2) is 26.0 Å². The summed E-state index contributed by atoms with van der Waals surface area (Å²) in [6, 6.07) is 15.6. The summed E-state index contributed by atoms with van der Waals surface area (Å²) in [5.41, 5.74) is 6.19. The lowest BCUT2D eigenvalue weighted by atomic mass is 9.94. The number of benzene rings is 3. The van der Waals surface area contributed by atoms with Crippen LogP contribution >= 0.6 is 0 Å². The van der Waals surface area contributed by atoms with E-state index in [2.05, 4.69) is 29.3 Å². The number of ether oxygens (including phenoxy) is 1. The number of anilines is 2.